The van der Waals surface area contributed by atoms with Crippen LogP contribution in [0.25, 0.3) is 44.2 Å². The van der Waals surface area contributed by atoms with E-state index >= 15 is 0 Å². The van der Waals surface area contributed by atoms with Crippen molar-refractivity contribution in [2.45, 2.75) is 5.41 Å². The Morgan fingerprint density at radius 1 is 0.459 bits per heavy atom. The van der Waals surface area contributed by atoms with Crippen LogP contribution in [0.1, 0.15) is 22.3 Å². The van der Waals surface area contributed by atoms with Crippen LogP contribution in [0.5, 0.6) is 0 Å². The van der Waals surface area contributed by atoms with Gasteiger partial charge in [0.05, 0.1) is 5.41 Å². The predicted molar refractivity (Wildman–Crippen MR) is 158 cm³/mol. The molecule has 0 amide bonds. The average molecular weight is 556 g/mol. The second-order valence-corrected chi connectivity index (χ2v) is 11.2. The molecule has 0 atom stereocenters. The lowest BCUT2D eigenvalue weighted by molar-refractivity contribution is 0.794. The molecule has 6 aromatic carbocycles. The first-order valence-electron chi connectivity index (χ1n) is 12.5. The molecule has 1 spiro atoms. The number of benzene rings is 6. The van der Waals surface area contributed by atoms with Crippen molar-refractivity contribution in [2.24, 2.45) is 0 Å². The first-order valence-corrected chi connectivity index (χ1v) is 13.7. The van der Waals surface area contributed by atoms with Gasteiger partial charge in [0.25, 0.3) is 0 Å². The predicted octanol–water partition coefficient (Wildman–Crippen LogP) is 10.3. The molecule has 0 saturated heterocycles. The topological polar surface area (TPSA) is 0 Å². The maximum Gasteiger partial charge on any atom is 0.0725 e. The molecule has 0 fully saturated rings. The minimum atomic E-state index is -0.364. The number of rotatable bonds is 1. The van der Waals surface area contributed by atoms with Gasteiger partial charge in [-0.25, -0.2) is 0 Å². The van der Waals surface area contributed by atoms with Crippen LogP contribution in [-0.4, -0.2) is 0 Å². The molecule has 0 N–H and O–H groups in total. The fraction of sp³-hybridized carbons (Fsp3) is 0.0286. The lowest BCUT2D eigenvalue weighted by atomic mass is 9.70. The number of hydrogen-bond donors (Lipinski definition) is 0. The smallest absolute Gasteiger partial charge is 0.0725 e. The summed E-state index contributed by atoms with van der Waals surface area (Å²) >= 11 is 10.2. The van der Waals surface area contributed by atoms with Gasteiger partial charge in [-0.15, -0.1) is 0 Å². The van der Waals surface area contributed by atoms with Crippen LogP contribution in [0, 0.1) is 0 Å². The van der Waals surface area contributed by atoms with Crippen molar-refractivity contribution in [1.29, 1.82) is 0 Å². The maximum atomic E-state index is 6.36. The highest BCUT2D eigenvalue weighted by Gasteiger charge is 2.52. The van der Waals surface area contributed by atoms with Crippen LogP contribution >= 0.6 is 27.5 Å². The first kappa shape index (κ1) is 21.4. The third kappa shape index (κ3) is 2.68. The van der Waals surface area contributed by atoms with Gasteiger partial charge in [-0.1, -0.05) is 131 Å². The van der Waals surface area contributed by atoms with Crippen LogP contribution in [0.4, 0.5) is 0 Å². The first-order chi connectivity index (χ1) is 18.2. The summed E-state index contributed by atoms with van der Waals surface area (Å²) in [6.07, 6.45) is 0. The molecule has 0 saturated carbocycles. The molecule has 37 heavy (non-hydrogen) atoms. The van der Waals surface area contributed by atoms with Crippen molar-refractivity contribution < 1.29 is 0 Å². The number of fused-ring (bicyclic) bond motifs is 12. The molecule has 2 aliphatic rings. The molecule has 2 aliphatic carbocycles. The summed E-state index contributed by atoms with van der Waals surface area (Å²) in [5.74, 6) is 0. The molecular weight excluding hydrogens is 536 g/mol. The fourth-order valence-corrected chi connectivity index (χ4v) is 7.78. The average Bonchev–Trinajstić information content (AvgIpc) is 3.40. The molecule has 0 heterocycles. The summed E-state index contributed by atoms with van der Waals surface area (Å²) in [5.41, 5.74) is 12.7. The normalized spacial score (nSPS) is 13.9. The van der Waals surface area contributed by atoms with Crippen LogP contribution in [0.15, 0.2) is 126 Å². The van der Waals surface area contributed by atoms with Crippen molar-refractivity contribution in [3.63, 3.8) is 0 Å². The van der Waals surface area contributed by atoms with E-state index in [1.165, 1.54) is 60.8 Å². The van der Waals surface area contributed by atoms with E-state index in [-0.39, 0.29) is 5.41 Å². The van der Waals surface area contributed by atoms with Crippen molar-refractivity contribution in [1.82, 2.24) is 0 Å². The summed E-state index contributed by atoms with van der Waals surface area (Å²) in [7, 11) is 0. The molecule has 174 valence electrons. The van der Waals surface area contributed by atoms with Crippen molar-refractivity contribution in [2.75, 3.05) is 0 Å². The summed E-state index contributed by atoms with van der Waals surface area (Å²) in [5, 5.41) is 3.25. The van der Waals surface area contributed by atoms with Crippen molar-refractivity contribution in [3.05, 3.63) is 153 Å². The SMILES string of the molecule is Clc1ccc(-c2cc3c(c4ccccc24)-c2ccccc2C32c3ccccc3-c3ccccc32)c(Br)c1. The Morgan fingerprint density at radius 3 is 1.65 bits per heavy atom. The van der Waals surface area contributed by atoms with Crippen molar-refractivity contribution >= 4 is 38.3 Å². The summed E-state index contributed by atoms with van der Waals surface area (Å²) in [6, 6.07) is 44.3. The highest BCUT2D eigenvalue weighted by atomic mass is 79.9. The van der Waals surface area contributed by atoms with E-state index in [4.69, 9.17) is 11.6 Å². The molecule has 0 bridgehead atoms. The Labute approximate surface area is 229 Å². The lowest BCUT2D eigenvalue weighted by Crippen LogP contribution is -2.25. The number of halogens is 2. The van der Waals surface area contributed by atoms with E-state index < -0.39 is 0 Å². The van der Waals surface area contributed by atoms with Gasteiger partial charge >= 0.3 is 0 Å². The Bertz CT molecular complexity index is 1870. The molecule has 6 aromatic rings. The third-order valence-electron chi connectivity index (χ3n) is 8.22. The zero-order valence-corrected chi connectivity index (χ0v) is 22.1. The van der Waals surface area contributed by atoms with E-state index in [2.05, 4.69) is 125 Å². The van der Waals surface area contributed by atoms with Gasteiger partial charge < -0.3 is 0 Å². The minimum absolute atomic E-state index is 0.364. The molecule has 2 heteroatoms. The van der Waals surface area contributed by atoms with Gasteiger partial charge in [-0.2, -0.15) is 0 Å². The third-order valence-corrected chi connectivity index (χ3v) is 9.11. The Hall–Kier alpha value is -3.65. The second-order valence-electron chi connectivity index (χ2n) is 9.90. The summed E-state index contributed by atoms with van der Waals surface area (Å²) in [4.78, 5) is 0. The van der Waals surface area contributed by atoms with E-state index in [9.17, 15) is 0 Å². The summed E-state index contributed by atoms with van der Waals surface area (Å²) in [6.45, 7) is 0. The summed E-state index contributed by atoms with van der Waals surface area (Å²) < 4.78 is 1.00. The molecule has 0 unspecified atom stereocenters. The van der Waals surface area contributed by atoms with Gasteiger partial charge in [0.1, 0.15) is 0 Å². The number of hydrogen-bond acceptors (Lipinski definition) is 0. The quantitative estimate of drug-likeness (QED) is 0.189. The van der Waals surface area contributed by atoms with Gasteiger partial charge in [0.15, 0.2) is 0 Å². The zero-order valence-electron chi connectivity index (χ0n) is 19.8. The second kappa shape index (κ2) is 7.68. The van der Waals surface area contributed by atoms with Crippen molar-refractivity contribution in [3.8, 4) is 33.4 Å². The lowest BCUT2D eigenvalue weighted by Gasteiger charge is -2.31. The van der Waals surface area contributed by atoms with E-state index in [1.807, 2.05) is 12.1 Å². The minimum Gasteiger partial charge on any atom is -0.0843 e. The molecule has 0 aliphatic heterocycles. The van der Waals surface area contributed by atoms with Crippen LogP contribution in [0.2, 0.25) is 5.02 Å². The molecule has 8 rings (SSSR count). The fourth-order valence-electron chi connectivity index (χ4n) is 6.88. The van der Waals surface area contributed by atoms with Gasteiger partial charge in [-0.05, 0) is 84.6 Å². The monoisotopic (exact) mass is 554 g/mol. The van der Waals surface area contributed by atoms with E-state index in [0.717, 1.165) is 15.1 Å². The molecular formula is C35H20BrCl. The standard InChI is InChI=1S/C35H20BrCl/c36-33-19-21(37)17-18-25(33)28-20-32-34(26-12-2-1-9-22(26)28)27-13-5-8-16-31(27)35(32)29-14-6-3-10-23(29)24-11-4-7-15-30(24)35/h1-20H. The largest absolute Gasteiger partial charge is 0.0843 e. The van der Waals surface area contributed by atoms with Crippen LogP contribution in [0.3, 0.4) is 0 Å². The highest BCUT2D eigenvalue weighted by Crippen LogP contribution is 2.64. The van der Waals surface area contributed by atoms with Crippen LogP contribution < -0.4 is 0 Å². The zero-order chi connectivity index (χ0) is 24.7. The van der Waals surface area contributed by atoms with Crippen LogP contribution in [-0.2, 0) is 5.41 Å². The van der Waals surface area contributed by atoms with Gasteiger partial charge in [-0.3, -0.25) is 0 Å². The molecule has 0 nitrogen and oxygen atoms in total. The van der Waals surface area contributed by atoms with E-state index in [0.29, 0.717) is 0 Å². The Balaban J connectivity index is 1.60. The Morgan fingerprint density at radius 2 is 1.00 bits per heavy atom. The van der Waals surface area contributed by atoms with Gasteiger partial charge in [0.2, 0.25) is 0 Å². The molecule has 0 radical (unpaired) electrons. The van der Waals surface area contributed by atoms with Gasteiger partial charge in [0, 0.05) is 9.50 Å². The molecule has 0 aromatic heterocycles. The highest BCUT2D eigenvalue weighted by molar-refractivity contribution is 9.10. The van der Waals surface area contributed by atoms with E-state index in [1.54, 1.807) is 0 Å². The maximum absolute atomic E-state index is 6.36. The Kier molecular flexibility index (Phi) is 4.45.